The lowest BCUT2D eigenvalue weighted by Crippen LogP contribution is -2.50. The summed E-state index contributed by atoms with van der Waals surface area (Å²) in [7, 11) is 1.56. The first-order chi connectivity index (χ1) is 11.0. The van der Waals surface area contributed by atoms with E-state index < -0.39 is 12.1 Å². The second-order valence-corrected chi connectivity index (χ2v) is 5.71. The molecule has 128 valence electrons. The molecule has 0 aliphatic carbocycles. The molecule has 1 rings (SSSR count). The van der Waals surface area contributed by atoms with Gasteiger partial charge in [-0.15, -0.1) is 0 Å². The Morgan fingerprint density at radius 1 is 1.26 bits per heavy atom. The van der Waals surface area contributed by atoms with Crippen LogP contribution in [0.5, 0.6) is 0 Å². The number of nitrogens with one attached hydrogen (secondary N) is 1. The predicted molar refractivity (Wildman–Crippen MR) is 87.7 cm³/mol. The van der Waals surface area contributed by atoms with Crippen LogP contribution in [0.2, 0.25) is 0 Å². The van der Waals surface area contributed by atoms with Gasteiger partial charge in [0.25, 0.3) is 0 Å². The predicted octanol–water partition coefficient (Wildman–Crippen LogP) is 1.78. The van der Waals surface area contributed by atoms with Crippen LogP contribution in [0.25, 0.3) is 0 Å². The van der Waals surface area contributed by atoms with Crippen molar-refractivity contribution in [2.45, 2.75) is 32.9 Å². The molecular formula is C17H26N2O4. The monoisotopic (exact) mass is 322 g/mol. The van der Waals surface area contributed by atoms with Crippen molar-refractivity contribution in [1.82, 2.24) is 10.2 Å². The first-order valence-electron chi connectivity index (χ1n) is 7.79. The Kier molecular flexibility index (Phi) is 8.11. The highest BCUT2D eigenvalue weighted by Gasteiger charge is 2.30. The number of nitrogens with zero attached hydrogens (tertiary/aromatic N) is 1. The summed E-state index contributed by atoms with van der Waals surface area (Å²) in [4.78, 5) is 25.7. The highest BCUT2D eigenvalue weighted by atomic mass is 16.6. The minimum absolute atomic E-state index is 0.0155. The third-order valence-corrected chi connectivity index (χ3v) is 3.44. The Labute approximate surface area is 137 Å². The molecule has 0 aromatic heterocycles. The molecule has 1 aromatic rings. The van der Waals surface area contributed by atoms with Crippen molar-refractivity contribution in [2.75, 3.05) is 20.2 Å². The van der Waals surface area contributed by atoms with Crippen LogP contribution < -0.4 is 5.32 Å². The van der Waals surface area contributed by atoms with Crippen molar-refractivity contribution in [1.29, 1.82) is 0 Å². The van der Waals surface area contributed by atoms with E-state index in [4.69, 9.17) is 9.84 Å². The molecule has 0 saturated carbocycles. The van der Waals surface area contributed by atoms with Gasteiger partial charge in [0.05, 0.1) is 0 Å². The fourth-order valence-corrected chi connectivity index (χ4v) is 2.26. The van der Waals surface area contributed by atoms with Gasteiger partial charge < -0.3 is 15.2 Å². The van der Waals surface area contributed by atoms with E-state index in [0.29, 0.717) is 13.0 Å². The summed E-state index contributed by atoms with van der Waals surface area (Å²) in [5, 5.41) is 11.5. The number of carbonyl (C=O) groups is 2. The molecule has 2 N–H and O–H groups in total. The van der Waals surface area contributed by atoms with Crippen LogP contribution in [0.15, 0.2) is 30.3 Å². The van der Waals surface area contributed by atoms with E-state index in [2.05, 4.69) is 5.32 Å². The Morgan fingerprint density at radius 3 is 2.48 bits per heavy atom. The standard InChI is InChI=1S/C17H26N2O4/c1-13(2)15(16(21)18-10-7-11-20)19(3)17(22)23-12-14-8-5-4-6-9-14/h4-6,8-9,13,15,20H,7,10-12H2,1-3H3,(H,18,21)/t15-/m1/s1. The minimum Gasteiger partial charge on any atom is -0.445 e. The highest BCUT2D eigenvalue weighted by Crippen LogP contribution is 2.12. The van der Waals surface area contributed by atoms with E-state index in [1.165, 1.54) is 4.90 Å². The van der Waals surface area contributed by atoms with Gasteiger partial charge >= 0.3 is 6.09 Å². The smallest absolute Gasteiger partial charge is 0.410 e. The number of carbonyl (C=O) groups excluding carboxylic acids is 2. The first kappa shape index (κ1) is 19.0. The van der Waals surface area contributed by atoms with Crippen molar-refractivity contribution in [3.8, 4) is 0 Å². The second-order valence-electron chi connectivity index (χ2n) is 5.71. The molecule has 23 heavy (non-hydrogen) atoms. The highest BCUT2D eigenvalue weighted by molar-refractivity contribution is 5.85. The lowest BCUT2D eigenvalue weighted by Gasteiger charge is -2.29. The Balaban J connectivity index is 2.59. The number of rotatable bonds is 8. The van der Waals surface area contributed by atoms with Gasteiger partial charge in [-0.25, -0.2) is 4.79 Å². The molecule has 1 atom stereocenters. The van der Waals surface area contributed by atoms with Gasteiger partial charge in [-0.2, -0.15) is 0 Å². The Morgan fingerprint density at radius 2 is 1.91 bits per heavy atom. The molecule has 0 saturated heterocycles. The Bertz CT molecular complexity index is 491. The maximum atomic E-state index is 12.2. The van der Waals surface area contributed by atoms with Gasteiger partial charge in [0, 0.05) is 20.2 Å². The van der Waals surface area contributed by atoms with Gasteiger partial charge in [0.15, 0.2) is 0 Å². The summed E-state index contributed by atoms with van der Waals surface area (Å²) < 4.78 is 5.26. The molecule has 6 heteroatoms. The first-order valence-corrected chi connectivity index (χ1v) is 7.79. The van der Waals surface area contributed by atoms with E-state index in [9.17, 15) is 9.59 Å². The minimum atomic E-state index is -0.614. The quantitative estimate of drug-likeness (QED) is 0.715. The zero-order valence-electron chi connectivity index (χ0n) is 14.0. The van der Waals surface area contributed by atoms with Crippen molar-refractivity contribution < 1.29 is 19.4 Å². The number of ether oxygens (including phenoxy) is 1. The second kappa shape index (κ2) is 9.84. The van der Waals surface area contributed by atoms with E-state index in [-0.39, 0.29) is 25.0 Å². The van der Waals surface area contributed by atoms with Gasteiger partial charge in [-0.1, -0.05) is 44.2 Å². The van der Waals surface area contributed by atoms with Crippen molar-refractivity contribution >= 4 is 12.0 Å². The van der Waals surface area contributed by atoms with Crippen LogP contribution >= 0.6 is 0 Å². The van der Waals surface area contributed by atoms with E-state index >= 15 is 0 Å². The Hall–Kier alpha value is -2.08. The largest absolute Gasteiger partial charge is 0.445 e. The van der Waals surface area contributed by atoms with E-state index in [1.54, 1.807) is 7.05 Å². The summed E-state index contributed by atoms with van der Waals surface area (Å²) in [6, 6.07) is 8.76. The number of aliphatic hydroxyl groups excluding tert-OH is 1. The fourth-order valence-electron chi connectivity index (χ4n) is 2.26. The van der Waals surface area contributed by atoms with Crippen molar-refractivity contribution in [3.05, 3.63) is 35.9 Å². The van der Waals surface area contributed by atoms with Gasteiger partial charge in [0.2, 0.25) is 5.91 Å². The van der Waals surface area contributed by atoms with Crippen LogP contribution in [-0.2, 0) is 16.1 Å². The van der Waals surface area contributed by atoms with Crippen LogP contribution in [0, 0.1) is 5.92 Å². The molecule has 2 amide bonds. The topological polar surface area (TPSA) is 78.9 Å². The molecule has 0 aliphatic heterocycles. The molecular weight excluding hydrogens is 296 g/mol. The average molecular weight is 322 g/mol. The van der Waals surface area contributed by atoms with Gasteiger partial charge in [0.1, 0.15) is 12.6 Å². The van der Waals surface area contributed by atoms with Crippen LogP contribution in [-0.4, -0.2) is 48.2 Å². The summed E-state index contributed by atoms with van der Waals surface area (Å²) >= 11 is 0. The number of amides is 2. The number of likely N-dealkylation sites (N-methyl/N-ethyl adjacent to an activating group) is 1. The zero-order chi connectivity index (χ0) is 17.2. The molecule has 0 unspecified atom stereocenters. The lowest BCUT2D eigenvalue weighted by atomic mass is 10.0. The van der Waals surface area contributed by atoms with Crippen LogP contribution in [0.1, 0.15) is 25.8 Å². The van der Waals surface area contributed by atoms with Crippen LogP contribution in [0.4, 0.5) is 4.79 Å². The molecule has 0 heterocycles. The average Bonchev–Trinajstić information content (AvgIpc) is 2.53. The summed E-state index contributed by atoms with van der Waals surface area (Å²) in [5.41, 5.74) is 0.891. The fraction of sp³-hybridized carbons (Fsp3) is 0.529. The summed E-state index contributed by atoms with van der Waals surface area (Å²) in [6.45, 7) is 4.31. The normalized spacial score (nSPS) is 11.9. The summed E-state index contributed by atoms with van der Waals surface area (Å²) in [5.74, 6) is -0.300. The molecule has 6 nitrogen and oxygen atoms in total. The third kappa shape index (κ3) is 6.28. The SMILES string of the molecule is CC(C)[C@H](C(=O)NCCCO)N(C)C(=O)OCc1ccccc1. The molecule has 0 bridgehead atoms. The maximum absolute atomic E-state index is 12.2. The van der Waals surface area contributed by atoms with E-state index in [0.717, 1.165) is 5.56 Å². The molecule has 0 aliphatic rings. The van der Waals surface area contributed by atoms with Gasteiger partial charge in [-0.05, 0) is 17.9 Å². The van der Waals surface area contributed by atoms with Crippen LogP contribution in [0.3, 0.4) is 0 Å². The van der Waals surface area contributed by atoms with Crippen molar-refractivity contribution in [2.24, 2.45) is 5.92 Å². The lowest BCUT2D eigenvalue weighted by molar-refractivity contribution is -0.127. The molecule has 0 radical (unpaired) electrons. The molecule has 0 fully saturated rings. The molecule has 1 aromatic carbocycles. The maximum Gasteiger partial charge on any atom is 0.410 e. The van der Waals surface area contributed by atoms with Crippen molar-refractivity contribution in [3.63, 3.8) is 0 Å². The zero-order valence-corrected chi connectivity index (χ0v) is 14.0. The van der Waals surface area contributed by atoms with Gasteiger partial charge in [-0.3, -0.25) is 9.69 Å². The number of hydrogen-bond acceptors (Lipinski definition) is 4. The number of aliphatic hydroxyl groups is 1. The molecule has 0 spiro atoms. The third-order valence-electron chi connectivity index (χ3n) is 3.44. The number of hydrogen-bond donors (Lipinski definition) is 2. The summed E-state index contributed by atoms with van der Waals surface area (Å²) in [6.07, 6.45) is -0.0523. The number of benzene rings is 1. The van der Waals surface area contributed by atoms with E-state index in [1.807, 2.05) is 44.2 Å².